The number of amides is 2. The summed E-state index contributed by atoms with van der Waals surface area (Å²) in [4.78, 5) is 24.5. The maximum Gasteiger partial charge on any atom is 0.411 e. The van der Waals surface area contributed by atoms with Gasteiger partial charge >= 0.3 is 6.09 Å². The predicted octanol–water partition coefficient (Wildman–Crippen LogP) is 3.43. The number of nitrogens with zero attached hydrogens (tertiary/aromatic N) is 4. The molecule has 4 aromatic rings. The van der Waals surface area contributed by atoms with Gasteiger partial charge in [-0.25, -0.2) is 4.79 Å². The summed E-state index contributed by atoms with van der Waals surface area (Å²) in [5.74, 6) is 0.502. The number of ether oxygens (including phenoxy) is 1. The van der Waals surface area contributed by atoms with Gasteiger partial charge in [0.15, 0.2) is 5.82 Å². The molecule has 0 fully saturated rings. The fraction of sp³-hybridized carbons (Fsp3) is 0.0870. The Bertz CT molecular complexity index is 1250. The normalized spacial score (nSPS) is 11.1. The number of anilines is 1. The molecule has 2 amide bonds. The van der Waals surface area contributed by atoms with Crippen LogP contribution in [0.5, 0.6) is 0 Å². The molecule has 0 aliphatic heterocycles. The maximum atomic E-state index is 13.2. The van der Waals surface area contributed by atoms with Gasteiger partial charge in [0.2, 0.25) is 0 Å². The number of benzene rings is 2. The molecule has 0 bridgehead atoms. The second kappa shape index (κ2) is 10.1. The van der Waals surface area contributed by atoms with Crippen LogP contribution in [0.25, 0.3) is 23.2 Å². The number of hydrogen-bond donors (Lipinski definition) is 2. The van der Waals surface area contributed by atoms with Crippen LogP contribution in [0.1, 0.15) is 11.3 Å². The molecule has 0 radical (unpaired) electrons. The van der Waals surface area contributed by atoms with E-state index in [1.165, 1.54) is 18.1 Å². The monoisotopic (exact) mass is 444 g/mol. The summed E-state index contributed by atoms with van der Waals surface area (Å²) >= 11 is 0. The average Bonchev–Trinajstić information content (AvgIpc) is 3.54. The molecular formula is C23H20N6O4. The molecule has 0 aliphatic carbocycles. The Morgan fingerprint density at radius 3 is 2.55 bits per heavy atom. The summed E-state index contributed by atoms with van der Waals surface area (Å²) < 4.78 is 11.3. The first-order chi connectivity index (χ1) is 16.1. The number of nitrogens with one attached hydrogen (secondary N) is 2. The Kier molecular flexibility index (Phi) is 6.55. The van der Waals surface area contributed by atoms with Gasteiger partial charge in [-0.3, -0.25) is 10.1 Å². The van der Waals surface area contributed by atoms with E-state index in [0.717, 1.165) is 11.1 Å². The van der Waals surface area contributed by atoms with Crippen LogP contribution in [-0.2, 0) is 16.1 Å². The van der Waals surface area contributed by atoms with Gasteiger partial charge < -0.3 is 14.5 Å². The fourth-order valence-electron chi connectivity index (χ4n) is 3.00. The lowest BCUT2D eigenvalue weighted by Gasteiger charge is -2.11. The van der Waals surface area contributed by atoms with Gasteiger partial charge in [0.25, 0.3) is 5.91 Å². The first kappa shape index (κ1) is 21.5. The van der Waals surface area contributed by atoms with Crippen molar-refractivity contribution in [2.75, 3.05) is 12.4 Å². The highest BCUT2D eigenvalue weighted by Gasteiger charge is 2.19. The predicted molar refractivity (Wildman–Crippen MR) is 120 cm³/mol. The molecule has 0 saturated heterocycles. The van der Waals surface area contributed by atoms with E-state index in [-0.39, 0.29) is 12.2 Å². The van der Waals surface area contributed by atoms with Crippen LogP contribution in [-0.4, -0.2) is 39.3 Å². The molecule has 2 aromatic heterocycles. The lowest BCUT2D eigenvalue weighted by Crippen LogP contribution is -2.27. The third kappa shape index (κ3) is 5.31. The van der Waals surface area contributed by atoms with Gasteiger partial charge in [-0.1, -0.05) is 42.5 Å². The second-order valence-electron chi connectivity index (χ2n) is 6.82. The van der Waals surface area contributed by atoms with Crippen molar-refractivity contribution >= 4 is 29.5 Å². The SMILES string of the molecule is COC(=O)Nc1ccc(CNC(=O)/C(=C/c2ccco2)n2nnnc2-c2ccccc2)cc1. The highest BCUT2D eigenvalue weighted by Crippen LogP contribution is 2.21. The van der Waals surface area contributed by atoms with Crippen molar-refractivity contribution in [3.05, 3.63) is 84.3 Å². The minimum absolute atomic E-state index is 0.192. The maximum absolute atomic E-state index is 13.2. The van der Waals surface area contributed by atoms with E-state index in [0.29, 0.717) is 17.3 Å². The molecule has 0 unspecified atom stereocenters. The smallest absolute Gasteiger partial charge is 0.411 e. The molecule has 2 aromatic carbocycles. The molecule has 0 spiro atoms. The Labute approximate surface area is 188 Å². The van der Waals surface area contributed by atoms with Crippen LogP contribution in [0.15, 0.2) is 77.4 Å². The lowest BCUT2D eigenvalue weighted by atomic mass is 10.2. The van der Waals surface area contributed by atoms with Gasteiger partial charge in [0.05, 0.1) is 13.4 Å². The summed E-state index contributed by atoms with van der Waals surface area (Å²) in [6.07, 6.45) is 2.53. The zero-order chi connectivity index (χ0) is 23.0. The van der Waals surface area contributed by atoms with Crippen LogP contribution >= 0.6 is 0 Å². The highest BCUT2D eigenvalue weighted by molar-refractivity contribution is 6.18. The second-order valence-corrected chi connectivity index (χ2v) is 6.82. The van der Waals surface area contributed by atoms with E-state index in [1.807, 2.05) is 30.3 Å². The van der Waals surface area contributed by atoms with E-state index in [1.54, 1.807) is 42.5 Å². The first-order valence-electron chi connectivity index (χ1n) is 9.95. The number of rotatable bonds is 7. The van der Waals surface area contributed by atoms with Crippen molar-refractivity contribution in [2.24, 2.45) is 0 Å². The number of carbonyl (C=O) groups is 2. The van der Waals surface area contributed by atoms with E-state index < -0.39 is 12.0 Å². The molecule has 166 valence electrons. The van der Waals surface area contributed by atoms with Crippen LogP contribution in [0.2, 0.25) is 0 Å². The van der Waals surface area contributed by atoms with Crippen LogP contribution in [0.4, 0.5) is 10.5 Å². The molecule has 2 heterocycles. The lowest BCUT2D eigenvalue weighted by molar-refractivity contribution is -0.116. The molecular weight excluding hydrogens is 424 g/mol. The zero-order valence-corrected chi connectivity index (χ0v) is 17.6. The molecule has 2 N–H and O–H groups in total. The van der Waals surface area contributed by atoms with Crippen molar-refractivity contribution in [2.45, 2.75) is 6.54 Å². The van der Waals surface area contributed by atoms with Crippen molar-refractivity contribution in [3.63, 3.8) is 0 Å². The average molecular weight is 444 g/mol. The van der Waals surface area contributed by atoms with E-state index in [4.69, 9.17) is 4.42 Å². The number of furan rings is 1. The van der Waals surface area contributed by atoms with Gasteiger partial charge in [-0.15, -0.1) is 5.10 Å². The summed E-state index contributed by atoms with van der Waals surface area (Å²) in [5.41, 5.74) is 2.36. The minimum atomic E-state index is -0.556. The standard InChI is InChI=1S/C23H20N6O4/c1-32-23(31)25-18-11-9-16(10-12-18)15-24-22(30)20(14-19-8-5-13-33-19)29-21(26-27-28-29)17-6-3-2-4-7-17/h2-14H,15H2,1H3,(H,24,30)(H,25,31)/b20-14-. The van der Waals surface area contributed by atoms with Crippen LogP contribution < -0.4 is 10.6 Å². The van der Waals surface area contributed by atoms with Gasteiger partial charge in [0, 0.05) is 23.9 Å². The number of methoxy groups -OCH3 is 1. The molecule has 10 nitrogen and oxygen atoms in total. The van der Waals surface area contributed by atoms with Gasteiger partial charge in [-0.2, -0.15) is 4.68 Å². The summed E-state index contributed by atoms with van der Waals surface area (Å²) in [6.45, 7) is 0.246. The quantitative estimate of drug-likeness (QED) is 0.419. The van der Waals surface area contributed by atoms with Gasteiger partial charge in [0.1, 0.15) is 11.5 Å². The minimum Gasteiger partial charge on any atom is -0.465 e. The third-order valence-electron chi connectivity index (χ3n) is 4.62. The third-order valence-corrected chi connectivity index (χ3v) is 4.62. The molecule has 0 atom stereocenters. The van der Waals surface area contributed by atoms with Crippen molar-refractivity contribution in [3.8, 4) is 11.4 Å². The Balaban J connectivity index is 1.55. The molecule has 10 heteroatoms. The summed E-state index contributed by atoms with van der Waals surface area (Å²) in [5, 5.41) is 17.3. The Hall–Kier alpha value is -4.73. The first-order valence-corrected chi connectivity index (χ1v) is 9.95. The Morgan fingerprint density at radius 2 is 1.85 bits per heavy atom. The number of aromatic nitrogens is 4. The Morgan fingerprint density at radius 1 is 1.06 bits per heavy atom. The van der Waals surface area contributed by atoms with Crippen LogP contribution in [0, 0.1) is 0 Å². The topological polar surface area (TPSA) is 124 Å². The van der Waals surface area contributed by atoms with Crippen LogP contribution in [0.3, 0.4) is 0 Å². The number of tetrazole rings is 1. The van der Waals surface area contributed by atoms with Gasteiger partial charge in [-0.05, 0) is 40.3 Å². The number of carbonyl (C=O) groups excluding carboxylic acids is 2. The summed E-state index contributed by atoms with van der Waals surface area (Å²) in [7, 11) is 1.29. The van der Waals surface area contributed by atoms with Crippen molar-refractivity contribution < 1.29 is 18.7 Å². The molecule has 0 aliphatic rings. The highest BCUT2D eigenvalue weighted by atomic mass is 16.5. The molecule has 33 heavy (non-hydrogen) atoms. The summed E-state index contributed by atoms with van der Waals surface area (Å²) in [6, 6.07) is 19.8. The number of hydrogen-bond acceptors (Lipinski definition) is 7. The largest absolute Gasteiger partial charge is 0.465 e. The van der Waals surface area contributed by atoms with E-state index in [2.05, 4.69) is 30.9 Å². The van der Waals surface area contributed by atoms with E-state index in [9.17, 15) is 9.59 Å². The fourth-order valence-corrected chi connectivity index (χ4v) is 3.00. The zero-order valence-electron chi connectivity index (χ0n) is 17.6. The van der Waals surface area contributed by atoms with Crippen molar-refractivity contribution in [1.29, 1.82) is 0 Å². The molecule has 0 saturated carbocycles. The van der Waals surface area contributed by atoms with Crippen molar-refractivity contribution in [1.82, 2.24) is 25.5 Å². The molecule has 4 rings (SSSR count). The van der Waals surface area contributed by atoms with E-state index >= 15 is 0 Å².